The zero-order valence-corrected chi connectivity index (χ0v) is 10.8. The maximum absolute atomic E-state index is 12.3. The predicted octanol–water partition coefficient (Wildman–Crippen LogP) is 1.06. The van der Waals surface area contributed by atoms with Gasteiger partial charge in [-0.25, -0.2) is 4.98 Å². The fourth-order valence-corrected chi connectivity index (χ4v) is 2.28. The summed E-state index contributed by atoms with van der Waals surface area (Å²) in [5.41, 5.74) is 5.21. The molecule has 0 saturated carbocycles. The molecule has 1 aliphatic rings. The van der Waals surface area contributed by atoms with Crippen LogP contribution < -0.4 is 5.73 Å². The highest BCUT2D eigenvalue weighted by molar-refractivity contribution is 6.29. The SMILES string of the molecule is NCC1CCN(C(=O)c2cc(Cl)ncc2[N+](=O)[O-])C1. The van der Waals surface area contributed by atoms with Gasteiger partial charge in [-0.2, -0.15) is 0 Å². The molecule has 0 aliphatic carbocycles. The number of nitro groups is 1. The van der Waals surface area contributed by atoms with Crippen molar-refractivity contribution in [2.24, 2.45) is 11.7 Å². The number of halogens is 1. The first-order valence-electron chi connectivity index (χ1n) is 5.82. The first-order valence-corrected chi connectivity index (χ1v) is 6.20. The van der Waals surface area contributed by atoms with Gasteiger partial charge in [-0.1, -0.05) is 11.6 Å². The second-order valence-corrected chi connectivity index (χ2v) is 4.81. The lowest BCUT2D eigenvalue weighted by atomic mass is 10.1. The average molecular weight is 285 g/mol. The summed E-state index contributed by atoms with van der Waals surface area (Å²) >= 11 is 5.70. The zero-order chi connectivity index (χ0) is 14.0. The molecule has 1 unspecified atom stereocenters. The third-order valence-corrected chi connectivity index (χ3v) is 3.39. The number of likely N-dealkylation sites (tertiary alicyclic amines) is 1. The van der Waals surface area contributed by atoms with Crippen molar-refractivity contribution in [2.45, 2.75) is 6.42 Å². The largest absolute Gasteiger partial charge is 0.338 e. The van der Waals surface area contributed by atoms with Crippen LogP contribution in [0.4, 0.5) is 5.69 Å². The summed E-state index contributed by atoms with van der Waals surface area (Å²) in [6.45, 7) is 1.58. The first kappa shape index (κ1) is 13.7. The van der Waals surface area contributed by atoms with Crippen molar-refractivity contribution in [3.8, 4) is 0 Å². The summed E-state index contributed by atoms with van der Waals surface area (Å²) < 4.78 is 0. The minimum Gasteiger partial charge on any atom is -0.338 e. The molecule has 2 N–H and O–H groups in total. The van der Waals surface area contributed by atoms with Crippen molar-refractivity contribution in [3.63, 3.8) is 0 Å². The topological polar surface area (TPSA) is 102 Å². The molecule has 1 atom stereocenters. The van der Waals surface area contributed by atoms with Crippen LogP contribution in [0.2, 0.25) is 5.15 Å². The van der Waals surface area contributed by atoms with Crippen LogP contribution in [0.15, 0.2) is 12.3 Å². The number of pyridine rings is 1. The summed E-state index contributed by atoms with van der Waals surface area (Å²) in [7, 11) is 0. The third-order valence-electron chi connectivity index (χ3n) is 3.18. The van der Waals surface area contributed by atoms with Gasteiger partial charge in [0.15, 0.2) is 0 Å². The smallest absolute Gasteiger partial charge is 0.300 e. The molecule has 2 heterocycles. The summed E-state index contributed by atoms with van der Waals surface area (Å²) in [6.07, 6.45) is 1.82. The van der Waals surface area contributed by atoms with Crippen molar-refractivity contribution in [1.82, 2.24) is 9.88 Å². The molecule has 8 heteroatoms. The summed E-state index contributed by atoms with van der Waals surface area (Å²) in [6, 6.07) is 1.23. The number of rotatable bonds is 3. The monoisotopic (exact) mass is 284 g/mol. The molecule has 1 fully saturated rings. The molecule has 0 spiro atoms. The van der Waals surface area contributed by atoms with E-state index < -0.39 is 10.8 Å². The van der Waals surface area contributed by atoms with Crippen LogP contribution in [0.5, 0.6) is 0 Å². The van der Waals surface area contributed by atoms with Gasteiger partial charge in [0.05, 0.1) is 4.92 Å². The first-order chi connectivity index (χ1) is 9.02. The van der Waals surface area contributed by atoms with E-state index in [4.69, 9.17) is 17.3 Å². The normalized spacial score (nSPS) is 18.6. The number of hydrogen-bond acceptors (Lipinski definition) is 5. The molecule has 2 rings (SSSR count). The molecule has 0 aromatic carbocycles. The number of carbonyl (C=O) groups is 1. The number of nitrogens with zero attached hydrogens (tertiary/aromatic N) is 3. The molecule has 1 amide bonds. The maximum atomic E-state index is 12.3. The molecule has 7 nitrogen and oxygen atoms in total. The van der Waals surface area contributed by atoms with E-state index in [1.165, 1.54) is 6.07 Å². The Morgan fingerprint density at radius 3 is 3.00 bits per heavy atom. The van der Waals surface area contributed by atoms with E-state index in [0.29, 0.717) is 19.6 Å². The minimum atomic E-state index is -0.632. The van der Waals surface area contributed by atoms with Crippen molar-refractivity contribution in [3.05, 3.63) is 33.1 Å². The lowest BCUT2D eigenvalue weighted by molar-refractivity contribution is -0.385. The van der Waals surface area contributed by atoms with Crippen LogP contribution in [0, 0.1) is 16.0 Å². The maximum Gasteiger partial charge on any atom is 0.300 e. The number of nitrogens with two attached hydrogens (primary N) is 1. The number of hydrogen-bond donors (Lipinski definition) is 1. The quantitative estimate of drug-likeness (QED) is 0.508. The highest BCUT2D eigenvalue weighted by atomic mass is 35.5. The Morgan fingerprint density at radius 1 is 1.68 bits per heavy atom. The highest BCUT2D eigenvalue weighted by Crippen LogP contribution is 2.24. The van der Waals surface area contributed by atoms with E-state index in [0.717, 1.165) is 12.6 Å². The van der Waals surface area contributed by atoms with Crippen molar-refractivity contribution in [2.75, 3.05) is 19.6 Å². The Balaban J connectivity index is 2.28. The molecule has 1 saturated heterocycles. The second kappa shape index (κ2) is 5.50. The van der Waals surface area contributed by atoms with Gasteiger partial charge in [0.25, 0.3) is 11.6 Å². The van der Waals surface area contributed by atoms with Crippen LogP contribution in [-0.2, 0) is 0 Å². The highest BCUT2D eigenvalue weighted by Gasteiger charge is 2.30. The lowest BCUT2D eigenvalue weighted by Crippen LogP contribution is -2.30. The average Bonchev–Trinajstić information content (AvgIpc) is 2.86. The van der Waals surface area contributed by atoms with Crippen molar-refractivity contribution in [1.29, 1.82) is 0 Å². The molecule has 1 aliphatic heterocycles. The van der Waals surface area contributed by atoms with Crippen LogP contribution in [0.25, 0.3) is 0 Å². The van der Waals surface area contributed by atoms with Gasteiger partial charge in [0.2, 0.25) is 0 Å². The fourth-order valence-electron chi connectivity index (χ4n) is 2.12. The Bertz CT molecular complexity index is 523. The number of aromatic nitrogens is 1. The molecule has 102 valence electrons. The standard InChI is InChI=1S/C11H13ClN4O3/c12-10-3-8(9(5-14-10)16(18)19)11(17)15-2-1-7(4-13)6-15/h3,5,7H,1-2,4,6,13H2. The van der Waals surface area contributed by atoms with Gasteiger partial charge in [0.1, 0.15) is 16.9 Å². The number of amides is 1. The second-order valence-electron chi connectivity index (χ2n) is 4.42. The van der Waals surface area contributed by atoms with E-state index >= 15 is 0 Å². The molecule has 1 aromatic rings. The van der Waals surface area contributed by atoms with E-state index in [2.05, 4.69) is 4.98 Å². The van der Waals surface area contributed by atoms with Gasteiger partial charge in [-0.05, 0) is 24.9 Å². The fraction of sp³-hybridized carbons (Fsp3) is 0.455. The van der Waals surface area contributed by atoms with Crippen LogP contribution in [-0.4, -0.2) is 40.3 Å². The zero-order valence-electron chi connectivity index (χ0n) is 10.1. The van der Waals surface area contributed by atoms with E-state index in [-0.39, 0.29) is 22.3 Å². The van der Waals surface area contributed by atoms with E-state index in [1.54, 1.807) is 4.90 Å². The van der Waals surface area contributed by atoms with Gasteiger partial charge in [-0.3, -0.25) is 14.9 Å². The molecule has 19 heavy (non-hydrogen) atoms. The van der Waals surface area contributed by atoms with Crippen molar-refractivity contribution < 1.29 is 9.72 Å². The van der Waals surface area contributed by atoms with E-state index in [9.17, 15) is 14.9 Å². The Labute approximate surface area is 114 Å². The summed E-state index contributed by atoms with van der Waals surface area (Å²) in [5.74, 6) is -0.146. The van der Waals surface area contributed by atoms with Gasteiger partial charge in [-0.15, -0.1) is 0 Å². The van der Waals surface area contributed by atoms with Gasteiger partial charge >= 0.3 is 0 Å². The lowest BCUT2D eigenvalue weighted by Gasteiger charge is -2.16. The third kappa shape index (κ3) is 2.82. The predicted molar refractivity (Wildman–Crippen MR) is 69.0 cm³/mol. The summed E-state index contributed by atoms with van der Waals surface area (Å²) in [5, 5.41) is 11.0. The minimum absolute atomic E-state index is 0.0253. The van der Waals surface area contributed by atoms with Gasteiger partial charge < -0.3 is 10.6 Å². The molecule has 0 radical (unpaired) electrons. The van der Waals surface area contributed by atoms with Crippen LogP contribution >= 0.6 is 11.6 Å². The van der Waals surface area contributed by atoms with Crippen LogP contribution in [0.3, 0.4) is 0 Å². The van der Waals surface area contributed by atoms with Crippen molar-refractivity contribution >= 4 is 23.2 Å². The molecular formula is C11H13ClN4O3. The summed E-state index contributed by atoms with van der Waals surface area (Å²) in [4.78, 5) is 27.8. The Morgan fingerprint density at radius 2 is 2.42 bits per heavy atom. The molecule has 1 aromatic heterocycles. The molecule has 0 bridgehead atoms. The van der Waals surface area contributed by atoms with Gasteiger partial charge in [0, 0.05) is 13.1 Å². The number of carbonyl (C=O) groups excluding carboxylic acids is 1. The van der Waals surface area contributed by atoms with Crippen LogP contribution in [0.1, 0.15) is 16.8 Å². The van der Waals surface area contributed by atoms with E-state index in [1.807, 2.05) is 0 Å². The Hall–Kier alpha value is -1.73. The molecular weight excluding hydrogens is 272 g/mol. The Kier molecular flexibility index (Phi) is 3.96.